The summed E-state index contributed by atoms with van der Waals surface area (Å²) in [5.74, 6) is -0.214. The van der Waals surface area contributed by atoms with Gasteiger partial charge in [-0.15, -0.1) is 23.1 Å². The van der Waals surface area contributed by atoms with Crippen molar-refractivity contribution in [3.8, 4) is 11.3 Å². The van der Waals surface area contributed by atoms with Crippen molar-refractivity contribution < 1.29 is 9.53 Å². The third-order valence-electron chi connectivity index (χ3n) is 4.09. The molecule has 2 aromatic heterocycles. The molecule has 118 valence electrons. The number of hydrogen-bond acceptors (Lipinski definition) is 5. The number of thiophene rings is 1. The quantitative estimate of drug-likeness (QED) is 0.630. The van der Waals surface area contributed by atoms with Crippen molar-refractivity contribution in [2.75, 3.05) is 12.9 Å². The van der Waals surface area contributed by atoms with Gasteiger partial charge in [-0.3, -0.25) is 4.68 Å². The highest BCUT2D eigenvalue weighted by Crippen LogP contribution is 2.48. The Balaban J connectivity index is 2.20. The van der Waals surface area contributed by atoms with Gasteiger partial charge in [0.05, 0.1) is 17.3 Å². The Bertz CT molecular complexity index is 744. The largest absolute Gasteiger partial charge is 0.462 e. The molecule has 6 heteroatoms. The molecule has 2 aromatic rings. The molecule has 0 radical (unpaired) electrons. The Hall–Kier alpha value is -1.27. The minimum atomic E-state index is -0.214. The smallest absolute Gasteiger partial charge is 0.348 e. The molecule has 0 amide bonds. The average Bonchev–Trinajstić information content (AvgIpc) is 2.99. The zero-order valence-electron chi connectivity index (χ0n) is 13.5. The van der Waals surface area contributed by atoms with Crippen LogP contribution in [0.2, 0.25) is 0 Å². The first-order valence-electron chi connectivity index (χ1n) is 7.30. The number of nitrogens with zero attached hydrogens (tertiary/aromatic N) is 2. The van der Waals surface area contributed by atoms with E-state index in [1.165, 1.54) is 21.9 Å². The summed E-state index contributed by atoms with van der Waals surface area (Å²) in [6, 6.07) is 0. The van der Waals surface area contributed by atoms with Crippen molar-refractivity contribution in [1.29, 1.82) is 0 Å². The Morgan fingerprint density at radius 1 is 1.55 bits per heavy atom. The van der Waals surface area contributed by atoms with E-state index >= 15 is 0 Å². The maximum Gasteiger partial charge on any atom is 0.348 e. The summed E-state index contributed by atoms with van der Waals surface area (Å²) >= 11 is 3.20. The number of aryl methyl sites for hydroxylation is 1. The van der Waals surface area contributed by atoms with Crippen LogP contribution in [0.1, 0.15) is 41.6 Å². The van der Waals surface area contributed by atoms with Crippen molar-refractivity contribution in [3.05, 3.63) is 21.4 Å². The second-order valence-corrected chi connectivity index (χ2v) is 7.77. The van der Waals surface area contributed by atoms with Crippen molar-refractivity contribution in [2.45, 2.75) is 37.6 Å². The van der Waals surface area contributed by atoms with Gasteiger partial charge in [-0.05, 0) is 30.6 Å². The molecule has 22 heavy (non-hydrogen) atoms. The highest BCUT2D eigenvalue weighted by Gasteiger charge is 2.39. The number of hydrogen-bond donors (Lipinski definition) is 0. The van der Waals surface area contributed by atoms with E-state index in [0.717, 1.165) is 28.1 Å². The van der Waals surface area contributed by atoms with Crippen LogP contribution >= 0.6 is 23.1 Å². The molecule has 0 bridgehead atoms. The monoisotopic (exact) mass is 336 g/mol. The lowest BCUT2D eigenvalue weighted by atomic mass is 9.73. The molecule has 1 aliphatic carbocycles. The predicted octanol–water partition coefficient (Wildman–Crippen LogP) is 3.88. The topological polar surface area (TPSA) is 44.1 Å². The fourth-order valence-corrected chi connectivity index (χ4v) is 5.05. The number of fused-ring (bicyclic) bond motifs is 3. The summed E-state index contributed by atoms with van der Waals surface area (Å²) < 4.78 is 7.15. The predicted molar refractivity (Wildman–Crippen MR) is 91.0 cm³/mol. The maximum atomic E-state index is 12.2. The minimum Gasteiger partial charge on any atom is -0.462 e. The van der Waals surface area contributed by atoms with E-state index < -0.39 is 0 Å². The molecule has 0 fully saturated rings. The SMILES string of the molecule is CCOC(=O)c1scc2c1CC(C)(C)c1c-2nn(C)c1SC. The van der Waals surface area contributed by atoms with E-state index in [1.807, 2.05) is 24.0 Å². The van der Waals surface area contributed by atoms with Crippen molar-refractivity contribution in [2.24, 2.45) is 7.05 Å². The van der Waals surface area contributed by atoms with Crippen LogP contribution in [0.25, 0.3) is 11.3 Å². The van der Waals surface area contributed by atoms with Gasteiger partial charge < -0.3 is 4.74 Å². The minimum absolute atomic E-state index is 0.0444. The van der Waals surface area contributed by atoms with E-state index in [1.54, 1.807) is 11.8 Å². The van der Waals surface area contributed by atoms with E-state index in [9.17, 15) is 4.79 Å². The molecule has 1 aliphatic rings. The fraction of sp³-hybridized carbons (Fsp3) is 0.500. The second-order valence-electron chi connectivity index (χ2n) is 6.09. The number of carbonyl (C=O) groups is 1. The lowest BCUT2D eigenvalue weighted by molar-refractivity contribution is 0.0530. The van der Waals surface area contributed by atoms with Crippen LogP contribution in [0.4, 0.5) is 0 Å². The summed E-state index contributed by atoms with van der Waals surface area (Å²) in [6.07, 6.45) is 2.92. The van der Waals surface area contributed by atoms with E-state index in [-0.39, 0.29) is 11.4 Å². The Kier molecular flexibility index (Phi) is 3.85. The number of esters is 1. The van der Waals surface area contributed by atoms with Gasteiger partial charge in [-0.2, -0.15) is 5.10 Å². The molecule has 0 saturated carbocycles. The van der Waals surface area contributed by atoms with Crippen LogP contribution in [0.3, 0.4) is 0 Å². The van der Waals surface area contributed by atoms with Gasteiger partial charge in [-0.25, -0.2) is 4.79 Å². The highest BCUT2D eigenvalue weighted by atomic mass is 32.2. The third-order valence-corrected chi connectivity index (χ3v) is 5.95. The van der Waals surface area contributed by atoms with Crippen LogP contribution in [0, 0.1) is 0 Å². The van der Waals surface area contributed by atoms with Crippen LogP contribution < -0.4 is 0 Å². The normalized spacial score (nSPS) is 15.3. The zero-order valence-corrected chi connectivity index (χ0v) is 15.2. The average molecular weight is 336 g/mol. The maximum absolute atomic E-state index is 12.2. The summed E-state index contributed by atoms with van der Waals surface area (Å²) in [5.41, 5.74) is 4.45. The molecule has 2 heterocycles. The standard InChI is InChI=1S/C16H20N2O2S2/c1-6-20-15(19)13-9-7-16(2,3)11-12(10(9)8-22-13)17-18(4)14(11)21-5/h8H,6-7H2,1-5H3. The summed E-state index contributed by atoms with van der Waals surface area (Å²) in [5, 5.41) is 7.98. The van der Waals surface area contributed by atoms with E-state index in [0.29, 0.717) is 6.61 Å². The van der Waals surface area contributed by atoms with Crippen molar-refractivity contribution >= 4 is 29.1 Å². The summed E-state index contributed by atoms with van der Waals surface area (Å²) in [7, 11) is 1.98. The lowest BCUT2D eigenvalue weighted by Gasteiger charge is -2.30. The second kappa shape index (κ2) is 5.42. The van der Waals surface area contributed by atoms with E-state index in [4.69, 9.17) is 9.84 Å². The van der Waals surface area contributed by atoms with Gasteiger partial charge in [0.25, 0.3) is 0 Å². The molecular weight excluding hydrogens is 316 g/mol. The number of rotatable bonds is 3. The molecule has 0 aliphatic heterocycles. The molecule has 3 rings (SSSR count). The van der Waals surface area contributed by atoms with Crippen LogP contribution in [-0.2, 0) is 23.6 Å². The van der Waals surface area contributed by atoms with Gasteiger partial charge in [0.2, 0.25) is 0 Å². The van der Waals surface area contributed by atoms with Gasteiger partial charge >= 0.3 is 5.97 Å². The molecular formula is C16H20N2O2S2. The first-order valence-corrected chi connectivity index (χ1v) is 9.40. The van der Waals surface area contributed by atoms with E-state index in [2.05, 4.69) is 20.1 Å². The first-order chi connectivity index (χ1) is 10.4. The molecule has 4 nitrogen and oxygen atoms in total. The number of thioether (sulfide) groups is 1. The Labute approximate surface area is 138 Å². The number of aromatic nitrogens is 2. The molecule has 0 saturated heterocycles. The summed E-state index contributed by atoms with van der Waals surface area (Å²) in [6.45, 7) is 6.69. The van der Waals surface area contributed by atoms with Gasteiger partial charge in [0.1, 0.15) is 4.88 Å². The van der Waals surface area contributed by atoms with Crippen LogP contribution in [0.15, 0.2) is 10.4 Å². The lowest BCUT2D eigenvalue weighted by Crippen LogP contribution is -2.26. The fourth-order valence-electron chi connectivity index (χ4n) is 3.20. The molecule has 0 unspecified atom stereocenters. The first kappa shape index (κ1) is 15.6. The highest BCUT2D eigenvalue weighted by molar-refractivity contribution is 7.98. The third kappa shape index (κ3) is 2.20. The summed E-state index contributed by atoms with van der Waals surface area (Å²) in [4.78, 5) is 12.9. The van der Waals surface area contributed by atoms with Crippen molar-refractivity contribution in [3.63, 3.8) is 0 Å². The number of ether oxygens (including phenoxy) is 1. The Morgan fingerprint density at radius 2 is 2.27 bits per heavy atom. The van der Waals surface area contributed by atoms with Crippen LogP contribution in [0.5, 0.6) is 0 Å². The van der Waals surface area contributed by atoms with Crippen LogP contribution in [-0.4, -0.2) is 28.6 Å². The molecule has 0 N–H and O–H groups in total. The number of carbonyl (C=O) groups excluding carboxylic acids is 1. The van der Waals surface area contributed by atoms with Gasteiger partial charge in [0.15, 0.2) is 0 Å². The molecule has 0 spiro atoms. The molecule has 0 atom stereocenters. The zero-order chi connectivity index (χ0) is 16.1. The van der Waals surface area contributed by atoms with Crippen molar-refractivity contribution in [1.82, 2.24) is 9.78 Å². The van der Waals surface area contributed by atoms with Gasteiger partial charge in [0, 0.05) is 23.6 Å². The molecule has 0 aromatic carbocycles. The Morgan fingerprint density at radius 3 is 2.91 bits per heavy atom. The van der Waals surface area contributed by atoms with Gasteiger partial charge in [-0.1, -0.05) is 13.8 Å².